The molecule has 3 rings (SSSR count). The molecule has 1 aromatic carbocycles. The molecule has 0 saturated carbocycles. The van der Waals surface area contributed by atoms with Crippen LogP contribution in [0.25, 0.3) is 0 Å². The summed E-state index contributed by atoms with van der Waals surface area (Å²) in [4.78, 5) is 23.2. The van der Waals surface area contributed by atoms with Crippen LogP contribution in [0.2, 0.25) is 0 Å². The Labute approximate surface area is 135 Å². The van der Waals surface area contributed by atoms with Crippen LogP contribution >= 0.6 is 48.0 Å². The first kappa shape index (κ1) is 15.4. The van der Waals surface area contributed by atoms with Crippen molar-refractivity contribution in [3.63, 3.8) is 0 Å². The number of nitrogens with zero attached hydrogens (tertiary/aromatic N) is 1. The Morgan fingerprint density at radius 1 is 1.05 bits per heavy atom. The van der Waals surface area contributed by atoms with Crippen molar-refractivity contribution in [2.45, 2.75) is 0 Å². The maximum atomic E-state index is 11.4. The molecule has 104 valence electrons. The van der Waals surface area contributed by atoms with Gasteiger partial charge in [0, 0.05) is 0 Å². The lowest BCUT2D eigenvalue weighted by atomic mass is 10.3. The van der Waals surface area contributed by atoms with Gasteiger partial charge in [-0.3, -0.25) is 14.5 Å². The summed E-state index contributed by atoms with van der Waals surface area (Å²) in [6.45, 7) is 0. The van der Waals surface area contributed by atoms with Gasteiger partial charge in [-0.2, -0.15) is 0 Å². The minimum Gasteiger partial charge on any atom is -0.311 e. The molecule has 0 bridgehead atoms. The largest absolute Gasteiger partial charge is 0.311 e. The van der Waals surface area contributed by atoms with Crippen molar-refractivity contribution in [1.29, 1.82) is 0 Å². The molecule has 2 saturated heterocycles. The highest BCUT2D eigenvalue weighted by Crippen LogP contribution is 2.25. The van der Waals surface area contributed by atoms with Crippen molar-refractivity contribution < 1.29 is 9.59 Å². The van der Waals surface area contributed by atoms with Crippen molar-refractivity contribution in [1.82, 2.24) is 5.32 Å². The SMILES string of the molecule is O=C1CSC(=S)N1.O=C1CSC(=S)N1c1ccccc1. The molecule has 1 aromatic rings. The maximum absolute atomic E-state index is 11.4. The Kier molecular flexibility index (Phi) is 5.53. The van der Waals surface area contributed by atoms with Crippen LogP contribution in [0, 0.1) is 0 Å². The second-order valence-corrected chi connectivity index (χ2v) is 7.01. The Morgan fingerprint density at radius 2 is 1.75 bits per heavy atom. The molecule has 20 heavy (non-hydrogen) atoms. The predicted molar refractivity (Wildman–Crippen MR) is 92.2 cm³/mol. The summed E-state index contributed by atoms with van der Waals surface area (Å²) in [7, 11) is 0. The summed E-state index contributed by atoms with van der Waals surface area (Å²) < 4.78 is 1.25. The Balaban J connectivity index is 0.000000178. The molecule has 8 heteroatoms. The van der Waals surface area contributed by atoms with Crippen molar-refractivity contribution in [3.8, 4) is 0 Å². The molecule has 1 N–H and O–H groups in total. The molecule has 2 fully saturated rings. The molecular formula is C12H10N2O2S4. The van der Waals surface area contributed by atoms with Crippen LogP contribution in [0.5, 0.6) is 0 Å². The van der Waals surface area contributed by atoms with Crippen LogP contribution in [0.4, 0.5) is 5.69 Å². The molecule has 0 radical (unpaired) electrons. The van der Waals surface area contributed by atoms with E-state index in [-0.39, 0.29) is 11.8 Å². The highest BCUT2D eigenvalue weighted by Gasteiger charge is 2.27. The molecule has 4 nitrogen and oxygen atoms in total. The van der Waals surface area contributed by atoms with Gasteiger partial charge in [0.25, 0.3) is 0 Å². The number of anilines is 1. The van der Waals surface area contributed by atoms with E-state index in [0.717, 1.165) is 5.69 Å². The quantitative estimate of drug-likeness (QED) is 0.790. The van der Waals surface area contributed by atoms with Gasteiger partial charge >= 0.3 is 0 Å². The zero-order valence-corrected chi connectivity index (χ0v) is 13.5. The van der Waals surface area contributed by atoms with Crippen molar-refractivity contribution in [3.05, 3.63) is 30.3 Å². The minimum atomic E-state index is 0.0231. The fraction of sp³-hybridized carbons (Fsp3) is 0.167. The summed E-state index contributed by atoms with van der Waals surface area (Å²) in [6, 6.07) is 9.48. The fourth-order valence-corrected chi connectivity index (χ4v) is 3.41. The van der Waals surface area contributed by atoms with Crippen molar-refractivity contribution in [2.24, 2.45) is 0 Å². The third kappa shape index (κ3) is 4.02. The number of thioether (sulfide) groups is 2. The van der Waals surface area contributed by atoms with Crippen molar-refractivity contribution in [2.75, 3.05) is 16.4 Å². The van der Waals surface area contributed by atoms with Crippen LogP contribution in [0.1, 0.15) is 0 Å². The van der Waals surface area contributed by atoms with E-state index in [1.54, 1.807) is 4.90 Å². The third-order valence-electron chi connectivity index (χ3n) is 2.34. The number of hydrogen-bond donors (Lipinski definition) is 1. The molecule has 0 spiro atoms. The van der Waals surface area contributed by atoms with E-state index >= 15 is 0 Å². The monoisotopic (exact) mass is 342 g/mol. The molecular weight excluding hydrogens is 332 g/mol. The molecule has 2 aliphatic rings. The number of para-hydroxylation sites is 1. The van der Waals surface area contributed by atoms with Gasteiger partial charge in [-0.05, 0) is 12.1 Å². The Bertz CT molecular complexity index is 532. The van der Waals surface area contributed by atoms with Crippen LogP contribution < -0.4 is 10.2 Å². The normalized spacial score (nSPS) is 17.9. The smallest absolute Gasteiger partial charge is 0.243 e. The second-order valence-electron chi connectivity index (χ2n) is 3.74. The van der Waals surface area contributed by atoms with Gasteiger partial charge in [-0.25, -0.2) is 0 Å². The van der Waals surface area contributed by atoms with E-state index < -0.39 is 0 Å². The topological polar surface area (TPSA) is 49.4 Å². The first-order valence-electron chi connectivity index (χ1n) is 5.59. The Hall–Kier alpha value is -0.960. The number of rotatable bonds is 1. The van der Waals surface area contributed by atoms with Gasteiger partial charge < -0.3 is 5.32 Å². The van der Waals surface area contributed by atoms with E-state index in [0.29, 0.717) is 20.1 Å². The van der Waals surface area contributed by atoms with E-state index in [4.69, 9.17) is 12.2 Å². The molecule has 2 heterocycles. The summed E-state index contributed by atoms with van der Waals surface area (Å²) in [6.07, 6.45) is 0. The van der Waals surface area contributed by atoms with Crippen LogP contribution in [0.15, 0.2) is 30.3 Å². The number of amides is 2. The first-order valence-corrected chi connectivity index (χ1v) is 8.38. The lowest BCUT2D eigenvalue weighted by molar-refractivity contribution is -0.117. The number of hydrogen-bond acceptors (Lipinski definition) is 6. The third-order valence-corrected chi connectivity index (χ3v) is 4.92. The summed E-state index contributed by atoms with van der Waals surface area (Å²) in [5.74, 6) is 1.06. The number of carbonyl (C=O) groups is 2. The van der Waals surface area contributed by atoms with Gasteiger partial charge in [0.05, 0.1) is 17.2 Å². The number of benzene rings is 1. The average molecular weight is 342 g/mol. The summed E-state index contributed by atoms with van der Waals surface area (Å²) in [5, 5.41) is 2.47. The van der Waals surface area contributed by atoms with Gasteiger partial charge in [0.1, 0.15) is 8.64 Å². The maximum Gasteiger partial charge on any atom is 0.243 e. The lowest BCUT2D eigenvalue weighted by Crippen LogP contribution is -2.27. The molecule has 2 aliphatic heterocycles. The second kappa shape index (κ2) is 7.16. The lowest BCUT2D eigenvalue weighted by Gasteiger charge is -2.13. The van der Waals surface area contributed by atoms with Gasteiger partial charge in [-0.1, -0.05) is 66.2 Å². The van der Waals surface area contributed by atoms with Gasteiger partial charge in [0.2, 0.25) is 11.8 Å². The van der Waals surface area contributed by atoms with Crippen LogP contribution in [0.3, 0.4) is 0 Å². The Morgan fingerprint density at radius 3 is 2.15 bits per heavy atom. The molecule has 0 aromatic heterocycles. The van der Waals surface area contributed by atoms with E-state index in [1.807, 2.05) is 30.3 Å². The van der Waals surface area contributed by atoms with Crippen LogP contribution in [-0.4, -0.2) is 32.0 Å². The highest BCUT2D eigenvalue weighted by molar-refractivity contribution is 8.24. The zero-order chi connectivity index (χ0) is 14.5. The average Bonchev–Trinajstić information content (AvgIpc) is 2.97. The van der Waals surface area contributed by atoms with Crippen LogP contribution in [-0.2, 0) is 9.59 Å². The van der Waals surface area contributed by atoms with E-state index in [2.05, 4.69) is 17.5 Å². The van der Waals surface area contributed by atoms with E-state index in [1.165, 1.54) is 23.5 Å². The van der Waals surface area contributed by atoms with E-state index in [9.17, 15) is 9.59 Å². The molecule has 2 amide bonds. The fourth-order valence-electron chi connectivity index (χ4n) is 1.50. The number of thiocarbonyl (C=S) groups is 2. The predicted octanol–water partition coefficient (Wildman–Crippen LogP) is 2.19. The molecule has 0 aliphatic carbocycles. The number of carbonyl (C=O) groups excluding carboxylic acids is 2. The summed E-state index contributed by atoms with van der Waals surface area (Å²) >= 11 is 12.5. The number of nitrogens with one attached hydrogen (secondary N) is 1. The van der Waals surface area contributed by atoms with Crippen molar-refractivity contribution >= 4 is 74.1 Å². The first-order chi connectivity index (χ1) is 9.58. The van der Waals surface area contributed by atoms with Gasteiger partial charge in [0.15, 0.2) is 0 Å². The minimum absolute atomic E-state index is 0.0231. The highest BCUT2D eigenvalue weighted by atomic mass is 32.2. The molecule has 0 unspecified atom stereocenters. The summed E-state index contributed by atoms with van der Waals surface area (Å²) in [5.41, 5.74) is 0.863. The zero-order valence-electron chi connectivity index (χ0n) is 10.2. The van der Waals surface area contributed by atoms with Gasteiger partial charge in [-0.15, -0.1) is 0 Å². The molecule has 0 atom stereocenters. The standard InChI is InChI=1S/C9H7NOS2.C3H3NOS2/c11-8-6-13-9(12)10(8)7-4-2-1-3-5-7;5-2-1-7-3(6)4-2/h1-5H,6H2;1H2,(H,4,5,6).